The van der Waals surface area contributed by atoms with Crippen molar-refractivity contribution in [3.63, 3.8) is 0 Å². The van der Waals surface area contributed by atoms with Gasteiger partial charge in [-0.3, -0.25) is 0 Å². The normalized spacial score (nSPS) is 15.1. The van der Waals surface area contributed by atoms with Gasteiger partial charge in [-0.25, -0.2) is 0 Å². The van der Waals surface area contributed by atoms with E-state index < -0.39 is 0 Å². The second kappa shape index (κ2) is 5.17. The molecule has 3 rings (SSSR count). The molecular formula is C15H18BrNO2. The molecule has 1 heterocycles. The highest BCUT2D eigenvalue weighted by Crippen LogP contribution is 2.48. The molecule has 0 saturated heterocycles. The van der Waals surface area contributed by atoms with Crippen LogP contribution < -0.4 is 10.1 Å². The molecule has 1 fully saturated rings. The Morgan fingerprint density at radius 2 is 2.21 bits per heavy atom. The average molecular weight is 324 g/mol. The number of halogens is 1. The lowest BCUT2D eigenvalue weighted by Gasteiger charge is -2.03. The number of rotatable bonds is 5. The Morgan fingerprint density at radius 1 is 1.42 bits per heavy atom. The summed E-state index contributed by atoms with van der Waals surface area (Å²) < 4.78 is 12.4. The van der Waals surface area contributed by atoms with Crippen LogP contribution in [-0.2, 0) is 6.54 Å². The van der Waals surface area contributed by atoms with Gasteiger partial charge in [0.05, 0.1) is 18.1 Å². The Balaban J connectivity index is 2.15. The zero-order valence-corrected chi connectivity index (χ0v) is 12.8. The third kappa shape index (κ3) is 2.39. The van der Waals surface area contributed by atoms with E-state index in [-0.39, 0.29) is 0 Å². The molecule has 4 heteroatoms. The number of hydrogen-bond acceptors (Lipinski definition) is 3. The van der Waals surface area contributed by atoms with Gasteiger partial charge < -0.3 is 14.5 Å². The quantitative estimate of drug-likeness (QED) is 0.895. The number of furan rings is 1. The molecule has 0 amide bonds. The van der Waals surface area contributed by atoms with Crippen LogP contribution >= 0.6 is 15.9 Å². The molecule has 0 atom stereocenters. The summed E-state index contributed by atoms with van der Waals surface area (Å²) in [4.78, 5) is 0. The van der Waals surface area contributed by atoms with E-state index in [4.69, 9.17) is 9.15 Å². The lowest BCUT2D eigenvalue weighted by Crippen LogP contribution is -2.12. The minimum absolute atomic E-state index is 0.661. The van der Waals surface area contributed by atoms with Gasteiger partial charge >= 0.3 is 0 Å². The maximum absolute atomic E-state index is 6.07. The zero-order chi connectivity index (χ0) is 13.4. The molecule has 2 aromatic rings. The van der Waals surface area contributed by atoms with Crippen LogP contribution in [0, 0.1) is 0 Å². The third-order valence-electron chi connectivity index (χ3n) is 3.59. The van der Waals surface area contributed by atoms with Crippen molar-refractivity contribution in [2.75, 3.05) is 13.7 Å². The molecule has 1 N–H and O–H groups in total. The number of fused-ring (bicyclic) bond motifs is 1. The first kappa shape index (κ1) is 13.0. The fourth-order valence-electron chi connectivity index (χ4n) is 2.51. The Hall–Kier alpha value is -1.00. The summed E-state index contributed by atoms with van der Waals surface area (Å²) in [7, 11) is 1.70. The van der Waals surface area contributed by atoms with Crippen molar-refractivity contribution in [2.45, 2.75) is 32.2 Å². The Bertz CT molecular complexity index is 602. The van der Waals surface area contributed by atoms with E-state index in [2.05, 4.69) is 34.2 Å². The molecular weight excluding hydrogens is 306 g/mol. The number of benzene rings is 1. The molecule has 1 aliphatic rings. The van der Waals surface area contributed by atoms with Crippen molar-refractivity contribution >= 4 is 26.9 Å². The SMILES string of the molecule is CCNCc1oc2c(Br)cc(OC)cc2c1C1CC1. The van der Waals surface area contributed by atoms with Crippen molar-refractivity contribution in [2.24, 2.45) is 0 Å². The van der Waals surface area contributed by atoms with Gasteiger partial charge in [-0.15, -0.1) is 0 Å². The molecule has 3 nitrogen and oxygen atoms in total. The number of hydrogen-bond donors (Lipinski definition) is 1. The highest BCUT2D eigenvalue weighted by Gasteiger charge is 2.31. The van der Waals surface area contributed by atoms with Gasteiger partial charge in [-0.1, -0.05) is 6.92 Å². The highest BCUT2D eigenvalue weighted by molar-refractivity contribution is 9.10. The van der Waals surface area contributed by atoms with Crippen molar-refractivity contribution in [3.05, 3.63) is 27.9 Å². The minimum Gasteiger partial charge on any atom is -0.497 e. The van der Waals surface area contributed by atoms with Crippen LogP contribution in [0.5, 0.6) is 5.75 Å². The van der Waals surface area contributed by atoms with E-state index in [1.165, 1.54) is 23.8 Å². The lowest BCUT2D eigenvalue weighted by atomic mass is 10.1. The van der Waals surface area contributed by atoms with Gasteiger partial charge in [-0.05, 0) is 53.4 Å². The van der Waals surface area contributed by atoms with Crippen LogP contribution in [0.1, 0.15) is 37.0 Å². The highest BCUT2D eigenvalue weighted by atomic mass is 79.9. The summed E-state index contributed by atoms with van der Waals surface area (Å²) in [6, 6.07) is 4.05. The van der Waals surface area contributed by atoms with Gasteiger partial charge in [0, 0.05) is 10.9 Å². The van der Waals surface area contributed by atoms with Crippen LogP contribution in [-0.4, -0.2) is 13.7 Å². The Morgan fingerprint density at radius 3 is 2.84 bits per heavy atom. The lowest BCUT2D eigenvalue weighted by molar-refractivity contribution is 0.415. The van der Waals surface area contributed by atoms with Crippen molar-refractivity contribution in [1.29, 1.82) is 0 Å². The Kier molecular flexibility index (Phi) is 3.54. The summed E-state index contributed by atoms with van der Waals surface area (Å²) in [5.41, 5.74) is 2.31. The topological polar surface area (TPSA) is 34.4 Å². The van der Waals surface area contributed by atoms with Crippen LogP contribution in [0.25, 0.3) is 11.0 Å². The van der Waals surface area contributed by atoms with Gasteiger partial charge in [0.2, 0.25) is 0 Å². The molecule has 0 bridgehead atoms. The second-order valence-electron chi connectivity index (χ2n) is 4.98. The van der Waals surface area contributed by atoms with Crippen molar-refractivity contribution in [3.8, 4) is 5.75 Å². The standard InChI is InChI=1S/C15H18BrNO2/c1-3-17-8-13-14(9-4-5-9)11-6-10(18-2)7-12(16)15(11)19-13/h6-7,9,17H,3-5,8H2,1-2H3. The monoisotopic (exact) mass is 323 g/mol. The van der Waals surface area contributed by atoms with Crippen LogP contribution in [0.2, 0.25) is 0 Å². The first-order chi connectivity index (χ1) is 9.24. The summed E-state index contributed by atoms with van der Waals surface area (Å²) in [5, 5.41) is 4.55. The van der Waals surface area contributed by atoms with Gasteiger partial charge in [-0.2, -0.15) is 0 Å². The molecule has 0 radical (unpaired) electrons. The van der Waals surface area contributed by atoms with Crippen LogP contribution in [0.4, 0.5) is 0 Å². The molecule has 0 spiro atoms. The molecule has 1 saturated carbocycles. The number of methoxy groups -OCH3 is 1. The fourth-order valence-corrected chi connectivity index (χ4v) is 3.03. The van der Waals surface area contributed by atoms with E-state index in [0.29, 0.717) is 5.92 Å². The molecule has 1 aromatic carbocycles. The molecule has 1 aliphatic carbocycles. The summed E-state index contributed by atoms with van der Waals surface area (Å²) in [6.45, 7) is 3.86. The molecule has 0 aliphatic heterocycles. The van der Waals surface area contributed by atoms with Gasteiger partial charge in [0.1, 0.15) is 17.1 Å². The fraction of sp³-hybridized carbons (Fsp3) is 0.467. The number of ether oxygens (including phenoxy) is 1. The van der Waals surface area contributed by atoms with Crippen LogP contribution in [0.15, 0.2) is 21.0 Å². The molecule has 0 unspecified atom stereocenters. The molecule has 19 heavy (non-hydrogen) atoms. The molecule has 1 aromatic heterocycles. The predicted molar refractivity (Wildman–Crippen MR) is 79.8 cm³/mol. The minimum atomic E-state index is 0.661. The average Bonchev–Trinajstić information content (AvgIpc) is 3.17. The van der Waals surface area contributed by atoms with E-state index in [9.17, 15) is 0 Å². The zero-order valence-electron chi connectivity index (χ0n) is 11.3. The first-order valence-corrected chi connectivity index (χ1v) is 7.53. The van der Waals surface area contributed by atoms with Crippen molar-refractivity contribution < 1.29 is 9.15 Å². The van der Waals surface area contributed by atoms with Crippen LogP contribution in [0.3, 0.4) is 0 Å². The maximum atomic E-state index is 6.07. The van der Waals surface area contributed by atoms with E-state index in [1.807, 2.05) is 6.07 Å². The third-order valence-corrected chi connectivity index (χ3v) is 4.18. The molecule has 102 valence electrons. The smallest absolute Gasteiger partial charge is 0.149 e. The Labute approximate surface area is 121 Å². The second-order valence-corrected chi connectivity index (χ2v) is 5.83. The van der Waals surface area contributed by atoms with E-state index >= 15 is 0 Å². The summed E-state index contributed by atoms with van der Waals surface area (Å²) in [5.74, 6) is 2.61. The first-order valence-electron chi connectivity index (χ1n) is 6.74. The maximum Gasteiger partial charge on any atom is 0.149 e. The predicted octanol–water partition coefficient (Wildman–Crippen LogP) is 4.19. The van der Waals surface area contributed by atoms with Gasteiger partial charge in [0.15, 0.2) is 0 Å². The van der Waals surface area contributed by atoms with Crippen molar-refractivity contribution in [1.82, 2.24) is 5.32 Å². The largest absolute Gasteiger partial charge is 0.497 e. The van der Waals surface area contributed by atoms with E-state index in [1.54, 1.807) is 7.11 Å². The van der Waals surface area contributed by atoms with E-state index in [0.717, 1.165) is 34.7 Å². The van der Waals surface area contributed by atoms with Gasteiger partial charge in [0.25, 0.3) is 0 Å². The number of nitrogens with one attached hydrogen (secondary N) is 1. The summed E-state index contributed by atoms with van der Waals surface area (Å²) >= 11 is 3.58. The summed E-state index contributed by atoms with van der Waals surface area (Å²) in [6.07, 6.45) is 2.53.